The van der Waals surface area contributed by atoms with Crippen LogP contribution < -0.4 is 5.73 Å². The van der Waals surface area contributed by atoms with Gasteiger partial charge in [0.1, 0.15) is 0 Å². The highest BCUT2D eigenvalue weighted by Crippen LogP contribution is 2.28. The Morgan fingerprint density at radius 1 is 1.26 bits per heavy atom. The van der Waals surface area contributed by atoms with E-state index in [1.54, 1.807) is 0 Å². The minimum absolute atomic E-state index is 0.391. The average molecular weight is 257 g/mol. The minimum Gasteiger partial charge on any atom is -0.328 e. The molecular formula is C16H23N3. The van der Waals surface area contributed by atoms with Gasteiger partial charge in [0.2, 0.25) is 0 Å². The molecule has 19 heavy (non-hydrogen) atoms. The Hall–Kier alpha value is -1.35. The number of fused-ring (bicyclic) bond motifs is 1. The predicted octanol–water partition coefficient (Wildman–Crippen LogP) is 3.02. The molecule has 1 aliphatic carbocycles. The normalized spacial score (nSPS) is 24.5. The van der Waals surface area contributed by atoms with E-state index in [0.29, 0.717) is 12.0 Å². The smallest absolute Gasteiger partial charge is 0.0706 e. The van der Waals surface area contributed by atoms with Crippen LogP contribution >= 0.6 is 0 Å². The standard InChI is InChI=1S/C16H23N3/c1-19-16-9-5-4-8-14(16)15(18-19)11-12-6-2-3-7-13(17)10-12/h4-5,8-9,12-13H,2-3,6-7,10-11,17H2,1H3. The second-order valence-electron chi connectivity index (χ2n) is 5.94. The van der Waals surface area contributed by atoms with E-state index in [0.717, 1.165) is 12.8 Å². The summed E-state index contributed by atoms with van der Waals surface area (Å²) in [7, 11) is 2.03. The van der Waals surface area contributed by atoms with Gasteiger partial charge in [0.15, 0.2) is 0 Å². The lowest BCUT2D eigenvalue weighted by Gasteiger charge is -2.15. The van der Waals surface area contributed by atoms with E-state index in [2.05, 4.69) is 24.3 Å². The molecule has 1 heterocycles. The third kappa shape index (κ3) is 2.66. The number of hydrogen-bond acceptors (Lipinski definition) is 2. The highest BCUT2D eigenvalue weighted by Gasteiger charge is 2.20. The summed E-state index contributed by atoms with van der Waals surface area (Å²) in [6.45, 7) is 0. The van der Waals surface area contributed by atoms with Gasteiger partial charge in [0, 0.05) is 18.5 Å². The molecule has 0 bridgehead atoms. The summed E-state index contributed by atoms with van der Waals surface area (Å²) in [5.74, 6) is 0.704. The summed E-state index contributed by atoms with van der Waals surface area (Å²) >= 11 is 0. The summed E-state index contributed by atoms with van der Waals surface area (Å²) in [4.78, 5) is 0. The van der Waals surface area contributed by atoms with E-state index in [9.17, 15) is 0 Å². The Balaban J connectivity index is 1.84. The first-order chi connectivity index (χ1) is 9.24. The summed E-state index contributed by atoms with van der Waals surface area (Å²) in [5.41, 5.74) is 8.65. The van der Waals surface area contributed by atoms with Gasteiger partial charge in [-0.25, -0.2) is 0 Å². The van der Waals surface area contributed by atoms with Gasteiger partial charge in [-0.3, -0.25) is 4.68 Å². The maximum Gasteiger partial charge on any atom is 0.0706 e. The lowest BCUT2D eigenvalue weighted by molar-refractivity contribution is 0.426. The fraction of sp³-hybridized carbons (Fsp3) is 0.562. The predicted molar refractivity (Wildman–Crippen MR) is 79.0 cm³/mol. The van der Waals surface area contributed by atoms with Crippen LogP contribution in [-0.4, -0.2) is 15.8 Å². The Morgan fingerprint density at radius 3 is 2.95 bits per heavy atom. The average Bonchev–Trinajstić information content (AvgIpc) is 2.58. The van der Waals surface area contributed by atoms with Crippen molar-refractivity contribution in [2.24, 2.45) is 18.7 Å². The number of rotatable bonds is 2. The molecule has 1 fully saturated rings. The Kier molecular flexibility index (Phi) is 3.56. The van der Waals surface area contributed by atoms with E-state index in [1.807, 2.05) is 11.7 Å². The topological polar surface area (TPSA) is 43.8 Å². The molecule has 1 saturated carbocycles. The highest BCUT2D eigenvalue weighted by molar-refractivity contribution is 5.81. The van der Waals surface area contributed by atoms with Gasteiger partial charge < -0.3 is 5.73 Å². The Morgan fingerprint density at radius 2 is 2.05 bits per heavy atom. The van der Waals surface area contributed by atoms with Gasteiger partial charge in [0.25, 0.3) is 0 Å². The number of para-hydroxylation sites is 1. The van der Waals surface area contributed by atoms with Gasteiger partial charge >= 0.3 is 0 Å². The lowest BCUT2D eigenvalue weighted by Crippen LogP contribution is -2.22. The van der Waals surface area contributed by atoms with Crippen molar-refractivity contribution in [2.75, 3.05) is 0 Å². The van der Waals surface area contributed by atoms with Gasteiger partial charge in [-0.1, -0.05) is 37.5 Å². The van der Waals surface area contributed by atoms with Gasteiger partial charge in [0.05, 0.1) is 11.2 Å². The van der Waals surface area contributed by atoms with Crippen molar-refractivity contribution >= 4 is 10.9 Å². The summed E-state index contributed by atoms with van der Waals surface area (Å²) < 4.78 is 2.00. The van der Waals surface area contributed by atoms with Crippen LogP contribution in [-0.2, 0) is 13.5 Å². The van der Waals surface area contributed by atoms with Crippen molar-refractivity contribution < 1.29 is 0 Å². The zero-order valence-electron chi connectivity index (χ0n) is 11.7. The van der Waals surface area contributed by atoms with E-state index >= 15 is 0 Å². The number of aryl methyl sites for hydroxylation is 1. The van der Waals surface area contributed by atoms with Crippen molar-refractivity contribution in [3.8, 4) is 0 Å². The number of hydrogen-bond donors (Lipinski definition) is 1. The van der Waals surface area contributed by atoms with Crippen molar-refractivity contribution in [3.63, 3.8) is 0 Å². The fourth-order valence-electron chi connectivity index (χ4n) is 3.40. The molecule has 0 aliphatic heterocycles. The minimum atomic E-state index is 0.391. The molecule has 3 nitrogen and oxygen atoms in total. The molecule has 1 aliphatic rings. The number of nitrogens with two attached hydrogens (primary N) is 1. The highest BCUT2D eigenvalue weighted by atomic mass is 15.3. The molecule has 0 amide bonds. The van der Waals surface area contributed by atoms with Crippen LogP contribution in [0.25, 0.3) is 10.9 Å². The zero-order valence-corrected chi connectivity index (χ0v) is 11.7. The van der Waals surface area contributed by atoms with Crippen LogP contribution in [0.3, 0.4) is 0 Å². The van der Waals surface area contributed by atoms with Crippen molar-refractivity contribution in [2.45, 2.75) is 44.6 Å². The molecule has 2 unspecified atom stereocenters. The first kappa shape index (κ1) is 12.7. The maximum absolute atomic E-state index is 6.17. The quantitative estimate of drug-likeness (QED) is 0.840. The molecule has 102 valence electrons. The molecule has 3 rings (SSSR count). The van der Waals surface area contributed by atoms with Gasteiger partial charge in [-0.05, 0) is 31.2 Å². The van der Waals surface area contributed by atoms with Crippen LogP contribution in [0.5, 0.6) is 0 Å². The van der Waals surface area contributed by atoms with E-state index in [-0.39, 0.29) is 0 Å². The van der Waals surface area contributed by atoms with E-state index in [4.69, 9.17) is 10.8 Å². The van der Waals surface area contributed by atoms with Crippen LogP contribution in [0.2, 0.25) is 0 Å². The maximum atomic E-state index is 6.17. The molecule has 3 heteroatoms. The molecule has 2 N–H and O–H groups in total. The molecule has 1 aromatic heterocycles. The van der Waals surface area contributed by atoms with Crippen LogP contribution in [0.15, 0.2) is 24.3 Å². The lowest BCUT2D eigenvalue weighted by atomic mass is 9.92. The Labute approximate surface area is 114 Å². The second-order valence-corrected chi connectivity index (χ2v) is 5.94. The summed E-state index contributed by atoms with van der Waals surface area (Å²) in [6, 6.07) is 8.91. The summed E-state index contributed by atoms with van der Waals surface area (Å²) in [5, 5.41) is 6.02. The first-order valence-electron chi connectivity index (χ1n) is 7.40. The molecule has 0 radical (unpaired) electrons. The SMILES string of the molecule is Cn1nc(CC2CCCCC(N)C2)c2ccccc21. The molecule has 0 spiro atoms. The summed E-state index contributed by atoms with van der Waals surface area (Å²) in [6.07, 6.45) is 7.35. The van der Waals surface area contributed by atoms with Crippen molar-refractivity contribution in [1.29, 1.82) is 0 Å². The van der Waals surface area contributed by atoms with Crippen LogP contribution in [0, 0.1) is 5.92 Å². The number of benzene rings is 1. The Bertz CT molecular complexity index is 558. The largest absolute Gasteiger partial charge is 0.328 e. The molecular weight excluding hydrogens is 234 g/mol. The van der Waals surface area contributed by atoms with E-state index in [1.165, 1.54) is 42.3 Å². The second kappa shape index (κ2) is 5.33. The van der Waals surface area contributed by atoms with Crippen LogP contribution in [0.4, 0.5) is 0 Å². The van der Waals surface area contributed by atoms with Crippen molar-refractivity contribution in [3.05, 3.63) is 30.0 Å². The molecule has 2 atom stereocenters. The van der Waals surface area contributed by atoms with Gasteiger partial charge in [-0.15, -0.1) is 0 Å². The number of nitrogens with zero attached hydrogens (tertiary/aromatic N) is 2. The fourth-order valence-corrected chi connectivity index (χ4v) is 3.40. The third-order valence-corrected chi connectivity index (χ3v) is 4.39. The molecule has 1 aromatic carbocycles. The monoisotopic (exact) mass is 257 g/mol. The number of aromatic nitrogens is 2. The molecule has 0 saturated heterocycles. The molecule has 2 aromatic rings. The van der Waals surface area contributed by atoms with E-state index < -0.39 is 0 Å². The van der Waals surface area contributed by atoms with Gasteiger partial charge in [-0.2, -0.15) is 5.10 Å². The zero-order chi connectivity index (χ0) is 13.2. The third-order valence-electron chi connectivity index (χ3n) is 4.39. The first-order valence-corrected chi connectivity index (χ1v) is 7.40. The van der Waals surface area contributed by atoms with Crippen molar-refractivity contribution in [1.82, 2.24) is 9.78 Å². The van der Waals surface area contributed by atoms with Crippen LogP contribution in [0.1, 0.15) is 37.8 Å².